The number of aromatic nitrogens is 2. The smallest absolute Gasteiger partial charge is 0.295 e. The second-order valence-electron chi connectivity index (χ2n) is 30.2. The monoisotopic (exact) mass is 1690 g/mol. The molecule has 5 amide bonds. The number of likely N-dealkylation sites (N-methyl/N-ethyl adjacent to an activating group) is 1. The summed E-state index contributed by atoms with van der Waals surface area (Å²) in [6.07, 6.45) is -30.6. The summed E-state index contributed by atoms with van der Waals surface area (Å²) >= 11 is 14.5. The lowest BCUT2D eigenvalue weighted by Gasteiger charge is -2.46. The zero-order valence-corrected chi connectivity index (χ0v) is 65.1. The van der Waals surface area contributed by atoms with Gasteiger partial charge in [0.15, 0.2) is 41.9 Å². The number of ketones is 2. The van der Waals surface area contributed by atoms with Crippen LogP contribution in [0.3, 0.4) is 0 Å². The second kappa shape index (κ2) is 36.6. The Morgan fingerprint density at radius 1 is 0.737 bits per heavy atom. The molecule has 0 aliphatic carbocycles. The van der Waals surface area contributed by atoms with E-state index in [-0.39, 0.29) is 71.1 Å². The minimum Gasteiger partial charge on any atom is -0.508 e. The summed E-state index contributed by atoms with van der Waals surface area (Å²) < 4.78 is 56.1. The van der Waals surface area contributed by atoms with Crippen LogP contribution in [0.15, 0.2) is 91.4 Å². The Kier molecular flexibility index (Phi) is 27.1. The van der Waals surface area contributed by atoms with Gasteiger partial charge in [0, 0.05) is 66.7 Å². The highest BCUT2D eigenvalue weighted by atomic mass is 35.5. The highest BCUT2D eigenvalue weighted by molar-refractivity contribution is 6.32. The van der Waals surface area contributed by atoms with E-state index < -0.39 is 269 Å². The number of rotatable bonds is 20. The Morgan fingerprint density at radius 2 is 1.42 bits per heavy atom. The third kappa shape index (κ3) is 18.7. The SMILES string of the molecule is CN[C@H](CC(C)C)C(=O)N[C@H]1C(=O)C[C@@H](CC(N)=O)C(=O)N[C@H]2C(=O)CC3C(=O)N[C@H](C(=O)N[C@@H](OC=O)c4cc(O)cc(O)c4-c4cc3ccc4O)C(O[C@H]3C[C@](C)(NCc4c[nH]cn4)[C@@H](O)[C@H](C)O3)c3ccc(c(Cl)c3)Oc3cc2cc(c3OC2O[C@H](CO)[C@@H](OC3O[C@H](C=O)[C@H](O)[C@H](O)[C@H]3O)[C@H](O)[C@H]2O)Oc2ccc(cc2Cl)[C@H]1O. The maximum atomic E-state index is 16.6. The summed E-state index contributed by atoms with van der Waals surface area (Å²) in [5.74, 6) is -17.1. The number of carbonyl (C=O) groups excluding carboxylic acids is 9. The number of fused-ring (bicyclic) bond motifs is 15. The number of hydrogen-bond acceptors (Lipinski definition) is 32. The summed E-state index contributed by atoms with van der Waals surface area (Å²) in [6, 6.07) is 7.09. The molecule has 4 unspecified atom stereocenters. The number of halogens is 2. The maximum absolute atomic E-state index is 16.6. The van der Waals surface area contributed by atoms with E-state index in [2.05, 4.69) is 41.9 Å². The van der Waals surface area contributed by atoms with Gasteiger partial charge >= 0.3 is 0 Å². The molecule has 20 N–H and O–H groups in total. The van der Waals surface area contributed by atoms with Crippen molar-refractivity contribution in [2.75, 3.05) is 13.7 Å². The van der Waals surface area contributed by atoms with Crippen LogP contribution in [-0.2, 0) is 78.1 Å². The van der Waals surface area contributed by atoms with Crippen LogP contribution in [0.2, 0.25) is 10.0 Å². The van der Waals surface area contributed by atoms with Crippen molar-refractivity contribution in [3.63, 3.8) is 0 Å². The van der Waals surface area contributed by atoms with Gasteiger partial charge in [0.25, 0.3) is 6.47 Å². The van der Waals surface area contributed by atoms with Gasteiger partial charge in [0.1, 0.15) is 108 Å². The van der Waals surface area contributed by atoms with E-state index in [1.54, 1.807) is 13.1 Å². The van der Waals surface area contributed by atoms with Crippen LogP contribution in [0.4, 0.5) is 0 Å². The van der Waals surface area contributed by atoms with Gasteiger partial charge in [0.2, 0.25) is 47.8 Å². The largest absolute Gasteiger partial charge is 0.508 e. The van der Waals surface area contributed by atoms with Gasteiger partial charge in [-0.2, -0.15) is 0 Å². The molecule has 38 nitrogen and oxygen atoms in total. The number of Topliss-reactive ketones (excluding diaryl/α,β-unsaturated/α-hetero) is 2. The number of aldehydes is 1. The quantitative estimate of drug-likeness (QED) is 0.0468. The number of nitrogens with zero attached hydrogens (tertiary/aromatic N) is 1. The summed E-state index contributed by atoms with van der Waals surface area (Å²) in [5, 5.41) is 142. The van der Waals surface area contributed by atoms with E-state index >= 15 is 24.0 Å². The minimum atomic E-state index is -2.37. The van der Waals surface area contributed by atoms with Crippen molar-refractivity contribution in [2.45, 2.75) is 200 Å². The number of benzene rings is 5. The number of imidazole rings is 1. The van der Waals surface area contributed by atoms with Crippen molar-refractivity contribution in [3.8, 4) is 57.1 Å². The number of aromatic hydroxyl groups is 3. The van der Waals surface area contributed by atoms with Gasteiger partial charge in [-0.05, 0) is 110 Å². The first-order valence-corrected chi connectivity index (χ1v) is 38.2. The Bertz CT molecular complexity index is 4760. The van der Waals surface area contributed by atoms with Crippen LogP contribution in [0, 0.1) is 11.8 Å². The Hall–Kier alpha value is -10.1. The number of nitrogens with one attached hydrogen (secondary N) is 7. The highest BCUT2D eigenvalue weighted by Gasteiger charge is 2.53. The average molecular weight is 1690 g/mol. The number of aliphatic hydroxyl groups excluding tert-OH is 8. The molecule has 23 atom stereocenters. The predicted molar refractivity (Wildman–Crippen MR) is 404 cm³/mol. The molecule has 0 radical (unpaired) electrons. The maximum Gasteiger partial charge on any atom is 0.295 e. The van der Waals surface area contributed by atoms with Gasteiger partial charge in [-0.1, -0.05) is 55.2 Å². The number of aromatic amines is 1. The molecular weight excluding hydrogens is 1600 g/mol. The van der Waals surface area contributed by atoms with Crippen LogP contribution < -0.4 is 51.8 Å². The van der Waals surface area contributed by atoms with E-state index in [1.165, 1.54) is 56.7 Å². The lowest BCUT2D eigenvalue weighted by molar-refractivity contribution is -0.346. The zero-order chi connectivity index (χ0) is 85.2. The number of H-pyrrole nitrogens is 1. The number of phenolic OH excluding ortho intramolecular Hbond substituents is 3. The van der Waals surface area contributed by atoms with Gasteiger partial charge in [-0.15, -0.1) is 0 Å². The molecule has 1 aromatic heterocycles. The first-order chi connectivity index (χ1) is 56.1. The number of carbonyl (C=O) groups is 9. The fraction of sp³-hybridized carbons (Fsp3) is 0.462. The molecule has 118 heavy (non-hydrogen) atoms. The fourth-order valence-electron chi connectivity index (χ4n) is 15.2. The molecule has 634 valence electrons. The standard InChI is InChI=1S/C78H89Cl2N9O29/c1-30(2)12-44(82-5)73(108)87-59-47(96)16-36(19-55(81)98)71(106)86-58-35-17-51(112-49-10-7-33(61(59)99)14-42(49)79)68(117-77-66(104)64(102)69(54(27-91)115-77)118-76-65(103)63(101)62(100)53(26-90)114-76)52(18-35)113-50-11-8-34(15-43(50)80)67(116-56-23-78(4,70(105)31(3)111-56)85-25-37-24-83-28-84-37)60-74(109)89-75(110-29-92)41-20-38(93)21-46(95)57(41)40-13-32(6-9-45(40)94)39(22-48(58)97)72(107)88-60/h6-11,13-15,17-18,20-21,24,26,28-31,36,39,44,53-54,56,58-67,69-70,75-77,82,85,91,93-95,99-105H,12,16,19,22-23,25,27H2,1-5H3,(H2,81,98)(H,83,84)(H,86,106)(H,87,108)(H,88,107)(H,89,109)/t31-,36-,39?,44+,53+,54+,56-,58+,59-,60-,61+,62-,63-,64+,65+,66+,67?,69+,70-,75-,76?,77?,78-/m0/s1. The summed E-state index contributed by atoms with van der Waals surface area (Å²) in [4.78, 5) is 139. The molecule has 6 aromatic rings. The number of aliphatic hydroxyl groups is 8. The molecule has 3 saturated heterocycles. The topological polar surface area (TPSA) is 586 Å². The zero-order valence-electron chi connectivity index (χ0n) is 63.6. The van der Waals surface area contributed by atoms with Gasteiger partial charge in [-0.25, -0.2) is 4.98 Å². The highest BCUT2D eigenvalue weighted by Crippen LogP contribution is 2.51. The van der Waals surface area contributed by atoms with E-state index in [0.717, 1.165) is 42.5 Å². The number of phenols is 3. The van der Waals surface area contributed by atoms with Crippen LogP contribution in [-0.4, -0.2) is 237 Å². The van der Waals surface area contributed by atoms with Crippen LogP contribution in [0.25, 0.3) is 11.1 Å². The summed E-state index contributed by atoms with van der Waals surface area (Å²) in [6.45, 7) is 5.69. The molecule has 9 heterocycles. The number of primary amides is 1. The van der Waals surface area contributed by atoms with Crippen molar-refractivity contribution < 1.29 is 142 Å². The van der Waals surface area contributed by atoms with Crippen molar-refractivity contribution in [1.82, 2.24) is 41.9 Å². The Morgan fingerprint density at radius 3 is 2.05 bits per heavy atom. The predicted octanol–water partition coefficient (Wildman–Crippen LogP) is 0.713. The molecule has 8 aliphatic heterocycles. The van der Waals surface area contributed by atoms with Gasteiger partial charge in [0.05, 0.1) is 58.8 Å². The van der Waals surface area contributed by atoms with Crippen molar-refractivity contribution in [2.24, 2.45) is 17.6 Å². The van der Waals surface area contributed by atoms with E-state index in [0.29, 0.717) is 5.69 Å². The van der Waals surface area contributed by atoms with E-state index in [4.69, 9.17) is 71.6 Å². The third-order valence-electron chi connectivity index (χ3n) is 21.5. The normalized spacial score (nSPS) is 30.9. The molecule has 11 bridgehead atoms. The second-order valence-corrected chi connectivity index (χ2v) is 31.0. The van der Waals surface area contributed by atoms with E-state index in [9.17, 15) is 75.3 Å². The van der Waals surface area contributed by atoms with Crippen molar-refractivity contribution in [1.29, 1.82) is 0 Å². The molecule has 8 aliphatic rings. The average Bonchev–Trinajstić information content (AvgIpc) is 0.806. The first-order valence-electron chi connectivity index (χ1n) is 37.4. The van der Waals surface area contributed by atoms with Crippen molar-refractivity contribution in [3.05, 3.63) is 135 Å². The molecule has 14 rings (SSSR count). The molecule has 0 saturated carbocycles. The number of nitrogens with two attached hydrogens (primary N) is 1. The van der Waals surface area contributed by atoms with Crippen LogP contribution in [0.5, 0.6) is 46.0 Å². The molecule has 40 heteroatoms. The number of hydrogen-bond donors (Lipinski definition) is 19. The van der Waals surface area contributed by atoms with Crippen LogP contribution in [0.1, 0.15) is 124 Å². The Balaban J connectivity index is 1.09. The molecule has 3 fully saturated rings. The van der Waals surface area contributed by atoms with E-state index in [1.807, 2.05) is 13.8 Å². The minimum absolute atomic E-state index is 0.0773. The van der Waals surface area contributed by atoms with Gasteiger partial charge in [-0.3, -0.25) is 38.4 Å². The van der Waals surface area contributed by atoms with Crippen molar-refractivity contribution >= 4 is 77.1 Å². The molecule has 5 aromatic carbocycles. The summed E-state index contributed by atoms with van der Waals surface area (Å²) in [7, 11) is 1.48. The molecule has 0 spiro atoms. The first kappa shape index (κ1) is 87.2. The lowest BCUT2D eigenvalue weighted by atomic mass is 9.84. The van der Waals surface area contributed by atoms with Crippen LogP contribution >= 0.6 is 23.2 Å². The lowest BCUT2D eigenvalue weighted by Crippen LogP contribution is -2.65. The number of ether oxygens (including phenoxy) is 9. The fourth-order valence-corrected chi connectivity index (χ4v) is 15.6. The number of amides is 5. The Labute approximate surface area is 681 Å². The third-order valence-corrected chi connectivity index (χ3v) is 22.0. The van der Waals surface area contributed by atoms with Gasteiger partial charge < -0.3 is 146 Å². The summed E-state index contributed by atoms with van der Waals surface area (Å²) in [5.41, 5.74) is 2.91. The molecular formula is C78H89Cl2N9O29.